The highest BCUT2D eigenvalue weighted by atomic mass is 16.5. The summed E-state index contributed by atoms with van der Waals surface area (Å²) in [6, 6.07) is 13.0. The van der Waals surface area contributed by atoms with Crippen molar-refractivity contribution in [3.05, 3.63) is 92.3 Å². The van der Waals surface area contributed by atoms with Crippen molar-refractivity contribution in [1.82, 2.24) is 14.5 Å². The molecular formula is C23H25N3O4. The van der Waals surface area contributed by atoms with Crippen LogP contribution in [-0.2, 0) is 17.9 Å². The standard InChI is InChI=1S/C23H25N3O4/c1-4-30-20-8-6-5-7-19(20)26-12-11-25(22(28)23(26)29)15-21(27)24-14-18-10-9-16(2)17(3)13-18/h5-13H,4,14-15H2,1-3H3,(H,24,27). The van der Waals surface area contributed by atoms with E-state index in [1.807, 2.05) is 39.0 Å². The van der Waals surface area contributed by atoms with Crippen LogP contribution in [0.4, 0.5) is 0 Å². The minimum absolute atomic E-state index is 0.229. The Morgan fingerprint density at radius 1 is 1.00 bits per heavy atom. The van der Waals surface area contributed by atoms with Crippen LogP contribution in [0.25, 0.3) is 5.69 Å². The fourth-order valence-electron chi connectivity index (χ4n) is 3.08. The van der Waals surface area contributed by atoms with E-state index < -0.39 is 11.1 Å². The number of hydrogen-bond donors (Lipinski definition) is 1. The van der Waals surface area contributed by atoms with Crippen molar-refractivity contribution in [2.24, 2.45) is 0 Å². The van der Waals surface area contributed by atoms with Gasteiger partial charge in [0.05, 0.1) is 12.3 Å². The summed E-state index contributed by atoms with van der Waals surface area (Å²) in [5, 5.41) is 2.79. The third kappa shape index (κ3) is 4.68. The van der Waals surface area contributed by atoms with Crippen molar-refractivity contribution >= 4 is 5.91 Å². The molecule has 0 aliphatic heterocycles. The maximum absolute atomic E-state index is 12.6. The molecular weight excluding hydrogens is 382 g/mol. The number of para-hydroxylation sites is 2. The van der Waals surface area contributed by atoms with Gasteiger partial charge in [0.15, 0.2) is 0 Å². The summed E-state index contributed by atoms with van der Waals surface area (Å²) in [6.07, 6.45) is 2.90. The third-order valence-corrected chi connectivity index (χ3v) is 4.86. The lowest BCUT2D eigenvalue weighted by Gasteiger charge is -2.13. The number of amides is 1. The lowest BCUT2D eigenvalue weighted by Crippen LogP contribution is -2.42. The largest absolute Gasteiger partial charge is 0.492 e. The molecule has 0 aliphatic carbocycles. The summed E-state index contributed by atoms with van der Waals surface area (Å²) >= 11 is 0. The number of carbonyl (C=O) groups excluding carboxylic acids is 1. The Labute approximate surface area is 174 Å². The second-order valence-electron chi connectivity index (χ2n) is 7.00. The molecule has 7 nitrogen and oxygen atoms in total. The number of nitrogens with one attached hydrogen (secondary N) is 1. The molecule has 0 spiro atoms. The first-order chi connectivity index (χ1) is 14.4. The minimum atomic E-state index is -0.773. The van der Waals surface area contributed by atoms with Crippen molar-refractivity contribution in [3.8, 4) is 11.4 Å². The fourth-order valence-corrected chi connectivity index (χ4v) is 3.08. The Balaban J connectivity index is 1.76. The molecule has 0 bridgehead atoms. The topological polar surface area (TPSA) is 82.3 Å². The summed E-state index contributed by atoms with van der Waals surface area (Å²) in [6.45, 7) is 6.44. The van der Waals surface area contributed by atoms with Crippen molar-refractivity contribution in [2.75, 3.05) is 6.61 Å². The van der Waals surface area contributed by atoms with Gasteiger partial charge >= 0.3 is 11.1 Å². The van der Waals surface area contributed by atoms with Crippen LogP contribution in [0.3, 0.4) is 0 Å². The minimum Gasteiger partial charge on any atom is -0.492 e. The number of hydrogen-bond acceptors (Lipinski definition) is 4. The molecule has 7 heteroatoms. The average Bonchev–Trinajstić information content (AvgIpc) is 2.73. The van der Waals surface area contributed by atoms with E-state index in [1.54, 1.807) is 24.3 Å². The Kier molecular flexibility index (Phi) is 6.51. The molecule has 0 radical (unpaired) electrons. The second-order valence-corrected chi connectivity index (χ2v) is 7.00. The quantitative estimate of drug-likeness (QED) is 0.610. The third-order valence-electron chi connectivity index (χ3n) is 4.86. The number of nitrogens with zero attached hydrogens (tertiary/aromatic N) is 2. The Morgan fingerprint density at radius 2 is 1.77 bits per heavy atom. The van der Waals surface area contributed by atoms with Gasteiger partial charge in [-0.05, 0) is 49.6 Å². The van der Waals surface area contributed by atoms with E-state index in [2.05, 4.69) is 5.32 Å². The smallest absolute Gasteiger partial charge is 0.321 e. The predicted octanol–water partition coefficient (Wildman–Crippen LogP) is 2.33. The summed E-state index contributed by atoms with van der Waals surface area (Å²) < 4.78 is 7.88. The highest BCUT2D eigenvalue weighted by molar-refractivity contribution is 5.75. The number of benzene rings is 2. The number of aromatic nitrogens is 2. The number of carbonyl (C=O) groups is 1. The van der Waals surface area contributed by atoms with E-state index in [1.165, 1.54) is 22.5 Å². The van der Waals surface area contributed by atoms with E-state index in [-0.39, 0.29) is 12.5 Å². The molecule has 1 aromatic heterocycles. The zero-order chi connectivity index (χ0) is 21.7. The molecule has 0 atom stereocenters. The van der Waals surface area contributed by atoms with Crippen LogP contribution < -0.4 is 21.2 Å². The van der Waals surface area contributed by atoms with Gasteiger partial charge in [-0.2, -0.15) is 0 Å². The first kappa shape index (κ1) is 21.1. The highest BCUT2D eigenvalue weighted by Gasteiger charge is 2.12. The van der Waals surface area contributed by atoms with E-state index in [0.29, 0.717) is 24.6 Å². The SMILES string of the molecule is CCOc1ccccc1-n1ccn(CC(=O)NCc2ccc(C)c(C)c2)c(=O)c1=O. The maximum Gasteiger partial charge on any atom is 0.321 e. The van der Waals surface area contributed by atoms with Gasteiger partial charge in [0.1, 0.15) is 12.3 Å². The normalized spacial score (nSPS) is 10.6. The van der Waals surface area contributed by atoms with Gasteiger partial charge in [0, 0.05) is 18.9 Å². The van der Waals surface area contributed by atoms with Crippen LogP contribution in [0.15, 0.2) is 64.4 Å². The zero-order valence-corrected chi connectivity index (χ0v) is 17.3. The van der Waals surface area contributed by atoms with Crippen LogP contribution in [0.1, 0.15) is 23.6 Å². The molecule has 0 unspecified atom stereocenters. The highest BCUT2D eigenvalue weighted by Crippen LogP contribution is 2.20. The van der Waals surface area contributed by atoms with Crippen LogP contribution in [0, 0.1) is 13.8 Å². The molecule has 0 saturated carbocycles. The van der Waals surface area contributed by atoms with E-state index in [0.717, 1.165) is 15.7 Å². The lowest BCUT2D eigenvalue weighted by molar-refractivity contribution is -0.121. The molecule has 3 rings (SSSR count). The lowest BCUT2D eigenvalue weighted by atomic mass is 10.1. The number of aryl methyl sites for hydroxylation is 2. The molecule has 1 N–H and O–H groups in total. The predicted molar refractivity (Wildman–Crippen MR) is 115 cm³/mol. The van der Waals surface area contributed by atoms with Gasteiger partial charge in [-0.1, -0.05) is 30.3 Å². The summed E-state index contributed by atoms with van der Waals surface area (Å²) in [5.74, 6) is 0.160. The first-order valence-corrected chi connectivity index (χ1v) is 9.78. The Morgan fingerprint density at radius 3 is 2.50 bits per heavy atom. The molecule has 1 heterocycles. The van der Waals surface area contributed by atoms with Crippen molar-refractivity contribution < 1.29 is 9.53 Å². The van der Waals surface area contributed by atoms with Gasteiger partial charge < -0.3 is 10.1 Å². The van der Waals surface area contributed by atoms with E-state index in [9.17, 15) is 14.4 Å². The van der Waals surface area contributed by atoms with Gasteiger partial charge in [0.2, 0.25) is 5.91 Å². The molecule has 0 aliphatic rings. The summed E-state index contributed by atoms with van der Waals surface area (Å²) in [7, 11) is 0. The molecule has 3 aromatic rings. The molecule has 2 aromatic carbocycles. The number of ether oxygens (including phenoxy) is 1. The average molecular weight is 407 g/mol. The monoisotopic (exact) mass is 407 g/mol. The van der Waals surface area contributed by atoms with E-state index >= 15 is 0 Å². The second kappa shape index (κ2) is 9.26. The summed E-state index contributed by atoms with van der Waals surface area (Å²) in [5.41, 5.74) is 2.27. The van der Waals surface area contributed by atoms with Crippen LogP contribution in [0.2, 0.25) is 0 Å². The zero-order valence-electron chi connectivity index (χ0n) is 17.3. The maximum atomic E-state index is 12.6. The van der Waals surface area contributed by atoms with Crippen molar-refractivity contribution in [1.29, 1.82) is 0 Å². The molecule has 156 valence electrons. The Bertz CT molecular complexity index is 1180. The van der Waals surface area contributed by atoms with Crippen LogP contribution >= 0.6 is 0 Å². The number of rotatable bonds is 7. The fraction of sp³-hybridized carbons (Fsp3) is 0.261. The summed E-state index contributed by atoms with van der Waals surface area (Å²) in [4.78, 5) is 37.4. The van der Waals surface area contributed by atoms with E-state index in [4.69, 9.17) is 4.74 Å². The van der Waals surface area contributed by atoms with Gasteiger partial charge in [-0.25, -0.2) is 0 Å². The molecule has 0 fully saturated rings. The van der Waals surface area contributed by atoms with Crippen LogP contribution in [-0.4, -0.2) is 21.6 Å². The molecule has 1 amide bonds. The Hall–Kier alpha value is -3.61. The van der Waals surface area contributed by atoms with Gasteiger partial charge in [-0.3, -0.25) is 23.5 Å². The van der Waals surface area contributed by atoms with Gasteiger partial charge in [-0.15, -0.1) is 0 Å². The van der Waals surface area contributed by atoms with Crippen molar-refractivity contribution in [3.63, 3.8) is 0 Å². The first-order valence-electron chi connectivity index (χ1n) is 9.78. The molecule has 0 saturated heterocycles. The van der Waals surface area contributed by atoms with Gasteiger partial charge in [0.25, 0.3) is 0 Å². The molecule has 30 heavy (non-hydrogen) atoms. The van der Waals surface area contributed by atoms with Crippen LogP contribution in [0.5, 0.6) is 5.75 Å². The van der Waals surface area contributed by atoms with Crippen molar-refractivity contribution in [2.45, 2.75) is 33.9 Å².